The maximum absolute atomic E-state index is 11.4. The van der Waals surface area contributed by atoms with Crippen LogP contribution >= 0.6 is 11.8 Å². The van der Waals surface area contributed by atoms with Crippen LogP contribution in [-0.2, 0) is 14.8 Å². The molecule has 0 aromatic heterocycles. The normalized spacial score (nSPS) is 22.4. The molecule has 17 heavy (non-hydrogen) atoms. The highest BCUT2D eigenvalue weighted by atomic mass is 32.2. The van der Waals surface area contributed by atoms with Gasteiger partial charge in [-0.1, -0.05) is 0 Å². The molecule has 1 rings (SSSR count). The van der Waals surface area contributed by atoms with Crippen molar-refractivity contribution < 1.29 is 13.2 Å². The van der Waals surface area contributed by atoms with Gasteiger partial charge in [0.05, 0.1) is 12.0 Å². The highest BCUT2D eigenvalue weighted by Crippen LogP contribution is 2.22. The predicted molar refractivity (Wildman–Crippen MR) is 70.5 cm³/mol. The quantitative estimate of drug-likeness (QED) is 0.778. The van der Waals surface area contributed by atoms with E-state index < -0.39 is 10.0 Å². The largest absolute Gasteiger partial charge is 0.358 e. The molecule has 100 valence electrons. The van der Waals surface area contributed by atoms with E-state index in [2.05, 4.69) is 5.32 Å². The molecule has 1 aliphatic heterocycles. The van der Waals surface area contributed by atoms with Gasteiger partial charge in [-0.2, -0.15) is 11.8 Å². The lowest BCUT2D eigenvalue weighted by Crippen LogP contribution is -2.40. The zero-order valence-corrected chi connectivity index (χ0v) is 11.9. The molecule has 0 radical (unpaired) electrons. The van der Waals surface area contributed by atoms with E-state index in [1.165, 1.54) is 6.26 Å². The summed E-state index contributed by atoms with van der Waals surface area (Å²) in [5.41, 5.74) is 0. The summed E-state index contributed by atoms with van der Waals surface area (Å²) in [5, 5.41) is 2.57. The minimum atomic E-state index is -3.06. The van der Waals surface area contributed by atoms with Crippen molar-refractivity contribution in [2.24, 2.45) is 5.92 Å². The molecule has 1 N–H and O–H groups in total. The lowest BCUT2D eigenvalue weighted by molar-refractivity contribution is -0.118. The molecule has 1 amide bonds. The summed E-state index contributed by atoms with van der Waals surface area (Å²) in [5.74, 6) is 1.68. The van der Waals surface area contributed by atoms with Crippen molar-refractivity contribution in [1.82, 2.24) is 9.62 Å². The van der Waals surface area contributed by atoms with Gasteiger partial charge < -0.3 is 5.32 Å². The number of carbonyl (C=O) groups excluding carboxylic acids is 1. The molecule has 1 saturated heterocycles. The van der Waals surface area contributed by atoms with Crippen molar-refractivity contribution in [3.05, 3.63) is 0 Å². The second kappa shape index (κ2) is 6.61. The second-order valence-electron chi connectivity index (χ2n) is 4.32. The number of nitrogens with one attached hydrogen (secondary N) is 1. The summed E-state index contributed by atoms with van der Waals surface area (Å²) in [7, 11) is -1.44. The number of rotatable bonds is 5. The van der Waals surface area contributed by atoms with Gasteiger partial charge >= 0.3 is 0 Å². The van der Waals surface area contributed by atoms with Gasteiger partial charge in [0, 0.05) is 20.1 Å². The smallest absolute Gasteiger partial charge is 0.229 e. The first-order valence-corrected chi connectivity index (χ1v) is 8.67. The molecule has 0 aromatic carbocycles. The van der Waals surface area contributed by atoms with Gasteiger partial charge in [0.1, 0.15) is 0 Å². The van der Waals surface area contributed by atoms with E-state index in [1.807, 2.05) is 0 Å². The Kier molecular flexibility index (Phi) is 5.75. The molecule has 0 unspecified atom stereocenters. The fourth-order valence-corrected chi connectivity index (χ4v) is 3.85. The van der Waals surface area contributed by atoms with Crippen LogP contribution in [0.4, 0.5) is 0 Å². The average molecular weight is 280 g/mol. The van der Waals surface area contributed by atoms with Gasteiger partial charge in [-0.05, 0) is 24.5 Å². The molecule has 0 bridgehead atoms. The number of thioether (sulfide) groups is 1. The first kappa shape index (κ1) is 14.8. The van der Waals surface area contributed by atoms with Gasteiger partial charge in [0.15, 0.2) is 0 Å². The van der Waals surface area contributed by atoms with Crippen LogP contribution in [0.25, 0.3) is 0 Å². The number of carbonyl (C=O) groups is 1. The van der Waals surface area contributed by atoms with Crippen molar-refractivity contribution in [2.45, 2.75) is 12.8 Å². The Morgan fingerprint density at radius 1 is 1.53 bits per heavy atom. The number of hydrogen-bond donors (Lipinski definition) is 1. The van der Waals surface area contributed by atoms with Crippen molar-refractivity contribution in [1.29, 1.82) is 0 Å². The van der Waals surface area contributed by atoms with Crippen molar-refractivity contribution in [2.75, 3.05) is 37.9 Å². The third-order valence-corrected chi connectivity index (χ3v) is 5.26. The molecule has 1 heterocycles. The second-order valence-corrected chi connectivity index (χ2v) is 7.33. The average Bonchev–Trinajstić information content (AvgIpc) is 2.28. The topological polar surface area (TPSA) is 66.5 Å². The molecular formula is C10H20N2O3S2. The van der Waals surface area contributed by atoms with E-state index in [1.54, 1.807) is 23.1 Å². The van der Waals surface area contributed by atoms with E-state index >= 15 is 0 Å². The summed E-state index contributed by atoms with van der Waals surface area (Å²) >= 11 is 1.57. The summed E-state index contributed by atoms with van der Waals surface area (Å²) in [6.45, 7) is 1.23. The first-order chi connectivity index (χ1) is 7.93. The van der Waals surface area contributed by atoms with Crippen molar-refractivity contribution in [3.8, 4) is 0 Å². The monoisotopic (exact) mass is 280 g/mol. The first-order valence-electron chi connectivity index (χ1n) is 5.67. The highest BCUT2D eigenvalue weighted by molar-refractivity contribution is 7.99. The summed E-state index contributed by atoms with van der Waals surface area (Å²) in [6.07, 6.45) is 3.22. The van der Waals surface area contributed by atoms with Crippen LogP contribution in [0.5, 0.6) is 0 Å². The van der Waals surface area contributed by atoms with Gasteiger partial charge in [-0.25, -0.2) is 12.7 Å². The minimum Gasteiger partial charge on any atom is -0.358 e. The van der Waals surface area contributed by atoms with E-state index in [0.717, 1.165) is 18.6 Å². The fourth-order valence-electron chi connectivity index (χ4n) is 1.85. The lowest BCUT2D eigenvalue weighted by Gasteiger charge is -2.30. The lowest BCUT2D eigenvalue weighted by atomic mass is 10.0. The van der Waals surface area contributed by atoms with Gasteiger partial charge in [0.2, 0.25) is 15.9 Å². The van der Waals surface area contributed by atoms with Crippen LogP contribution in [0.1, 0.15) is 12.8 Å². The molecule has 1 aliphatic rings. The molecule has 7 heteroatoms. The Morgan fingerprint density at radius 2 is 2.24 bits per heavy atom. The predicted octanol–water partition coefficient (Wildman–Crippen LogP) is 0.137. The third kappa shape index (κ3) is 5.27. The maximum atomic E-state index is 11.4. The summed E-state index contributed by atoms with van der Waals surface area (Å²) < 4.78 is 24.4. The Hall–Kier alpha value is -0.270. The molecule has 0 spiro atoms. The molecule has 1 fully saturated rings. The van der Waals surface area contributed by atoms with Crippen LogP contribution in [0, 0.1) is 5.92 Å². The zero-order valence-electron chi connectivity index (χ0n) is 10.3. The standard InChI is InChI=1S/C10H20N2O3S2/c1-11-10(13)8-16-7-9-4-3-5-12(6-9)17(2,14)15/h9H,3-8H2,1-2H3,(H,11,13)/t9-/m0/s1. The number of amides is 1. The Labute approximate surface area is 107 Å². The van der Waals surface area contributed by atoms with Gasteiger partial charge in [-0.15, -0.1) is 0 Å². The Morgan fingerprint density at radius 3 is 2.82 bits per heavy atom. The van der Waals surface area contributed by atoms with E-state index in [-0.39, 0.29) is 5.91 Å². The summed E-state index contributed by atoms with van der Waals surface area (Å²) in [6, 6.07) is 0. The fraction of sp³-hybridized carbons (Fsp3) is 0.900. The zero-order chi connectivity index (χ0) is 12.9. The molecule has 0 aromatic rings. The van der Waals surface area contributed by atoms with E-state index in [4.69, 9.17) is 0 Å². The Bertz CT molecular complexity index is 357. The van der Waals surface area contributed by atoms with Crippen LogP contribution < -0.4 is 5.32 Å². The molecular weight excluding hydrogens is 260 g/mol. The maximum Gasteiger partial charge on any atom is 0.229 e. The molecule has 0 aliphatic carbocycles. The van der Waals surface area contributed by atoms with E-state index in [9.17, 15) is 13.2 Å². The van der Waals surface area contributed by atoms with E-state index in [0.29, 0.717) is 24.8 Å². The van der Waals surface area contributed by atoms with Crippen LogP contribution in [0.3, 0.4) is 0 Å². The number of nitrogens with zero attached hydrogens (tertiary/aromatic N) is 1. The molecule has 1 atom stereocenters. The van der Waals surface area contributed by atoms with Crippen LogP contribution in [-0.4, -0.2) is 56.5 Å². The van der Waals surface area contributed by atoms with Gasteiger partial charge in [-0.3, -0.25) is 4.79 Å². The highest BCUT2D eigenvalue weighted by Gasteiger charge is 2.25. The number of hydrogen-bond acceptors (Lipinski definition) is 4. The molecule has 5 nitrogen and oxygen atoms in total. The van der Waals surface area contributed by atoms with Crippen LogP contribution in [0.15, 0.2) is 0 Å². The number of piperidine rings is 1. The minimum absolute atomic E-state index is 0.0192. The summed E-state index contributed by atoms with van der Waals surface area (Å²) in [4.78, 5) is 11.0. The van der Waals surface area contributed by atoms with Crippen LogP contribution in [0.2, 0.25) is 0 Å². The van der Waals surface area contributed by atoms with Crippen molar-refractivity contribution >= 4 is 27.7 Å². The van der Waals surface area contributed by atoms with Crippen molar-refractivity contribution in [3.63, 3.8) is 0 Å². The third-order valence-electron chi connectivity index (χ3n) is 2.82. The van der Waals surface area contributed by atoms with Gasteiger partial charge in [0.25, 0.3) is 0 Å². The Balaban J connectivity index is 2.33. The molecule has 0 saturated carbocycles. The SMILES string of the molecule is CNC(=O)CSC[C@H]1CCCN(S(C)(=O)=O)C1. The number of sulfonamides is 1.